The van der Waals surface area contributed by atoms with Crippen LogP contribution in [-0.4, -0.2) is 16.5 Å². The van der Waals surface area contributed by atoms with Crippen molar-refractivity contribution in [1.82, 2.24) is 15.3 Å². The molecule has 4 nitrogen and oxygen atoms in total. The Morgan fingerprint density at radius 1 is 1.20 bits per heavy atom. The first kappa shape index (κ1) is 14.5. The van der Waals surface area contributed by atoms with E-state index in [1.54, 1.807) is 0 Å². The quantitative estimate of drug-likeness (QED) is 0.787. The summed E-state index contributed by atoms with van der Waals surface area (Å²) in [6, 6.07) is 10.5. The molecular formula is C16H21N3O. The molecule has 0 radical (unpaired) electrons. The number of ether oxygens (including phenoxy) is 1. The van der Waals surface area contributed by atoms with E-state index in [4.69, 9.17) is 4.74 Å². The van der Waals surface area contributed by atoms with Crippen LogP contribution in [0.1, 0.15) is 30.2 Å². The number of benzene rings is 1. The molecule has 1 N–H and O–H groups in total. The van der Waals surface area contributed by atoms with Gasteiger partial charge in [0, 0.05) is 24.0 Å². The largest absolute Gasteiger partial charge is 0.459 e. The molecule has 1 heterocycles. The minimum absolute atomic E-state index is 0.436. The van der Waals surface area contributed by atoms with Gasteiger partial charge in [0.25, 0.3) is 0 Å². The fraction of sp³-hybridized carbons (Fsp3) is 0.375. The lowest BCUT2D eigenvalue weighted by atomic mass is 10.2. The molecule has 0 bridgehead atoms. The third-order valence-electron chi connectivity index (χ3n) is 3.01. The second kappa shape index (κ2) is 7.60. The number of aromatic nitrogens is 2. The summed E-state index contributed by atoms with van der Waals surface area (Å²) < 4.78 is 5.61. The van der Waals surface area contributed by atoms with Crippen LogP contribution in [0.15, 0.2) is 36.5 Å². The van der Waals surface area contributed by atoms with E-state index in [-0.39, 0.29) is 0 Å². The van der Waals surface area contributed by atoms with Crippen molar-refractivity contribution < 1.29 is 4.74 Å². The monoisotopic (exact) mass is 271 g/mol. The van der Waals surface area contributed by atoms with Gasteiger partial charge in [-0.25, -0.2) is 9.97 Å². The van der Waals surface area contributed by atoms with E-state index in [2.05, 4.69) is 22.2 Å². The first-order chi connectivity index (χ1) is 9.79. The van der Waals surface area contributed by atoms with Gasteiger partial charge in [-0.05, 0) is 25.5 Å². The topological polar surface area (TPSA) is 47.0 Å². The molecule has 1 aromatic carbocycles. The first-order valence-corrected chi connectivity index (χ1v) is 6.99. The molecule has 0 atom stereocenters. The van der Waals surface area contributed by atoms with Crippen LogP contribution in [0.3, 0.4) is 0 Å². The molecule has 0 amide bonds. The summed E-state index contributed by atoms with van der Waals surface area (Å²) in [5.41, 5.74) is 3.19. The molecule has 0 fully saturated rings. The predicted molar refractivity (Wildman–Crippen MR) is 79.5 cm³/mol. The maximum Gasteiger partial charge on any atom is 0.316 e. The maximum absolute atomic E-state index is 5.61. The third-order valence-corrected chi connectivity index (χ3v) is 3.01. The fourth-order valence-corrected chi connectivity index (χ4v) is 1.84. The highest BCUT2D eigenvalue weighted by Gasteiger charge is 2.04. The number of hydrogen-bond acceptors (Lipinski definition) is 4. The Kier molecular flexibility index (Phi) is 5.50. The van der Waals surface area contributed by atoms with Crippen LogP contribution < -0.4 is 10.1 Å². The minimum atomic E-state index is 0.436. The van der Waals surface area contributed by atoms with Gasteiger partial charge in [-0.3, -0.25) is 0 Å². The zero-order valence-electron chi connectivity index (χ0n) is 12.1. The number of nitrogens with zero attached hydrogens (tertiary/aromatic N) is 2. The fourth-order valence-electron chi connectivity index (χ4n) is 1.84. The lowest BCUT2D eigenvalue weighted by Gasteiger charge is -2.08. The second-order valence-corrected chi connectivity index (χ2v) is 4.71. The van der Waals surface area contributed by atoms with Gasteiger partial charge in [0.15, 0.2) is 0 Å². The van der Waals surface area contributed by atoms with Gasteiger partial charge in [0.05, 0.1) is 0 Å². The predicted octanol–water partition coefficient (Wildman–Crippen LogP) is 2.86. The summed E-state index contributed by atoms with van der Waals surface area (Å²) in [6.07, 6.45) is 2.96. The highest BCUT2D eigenvalue weighted by atomic mass is 16.5. The molecule has 106 valence electrons. The molecule has 2 rings (SSSR count). The normalized spacial score (nSPS) is 10.5. The van der Waals surface area contributed by atoms with Gasteiger partial charge in [-0.2, -0.15) is 0 Å². The van der Waals surface area contributed by atoms with Gasteiger partial charge < -0.3 is 10.1 Å². The highest BCUT2D eigenvalue weighted by Crippen LogP contribution is 2.10. The summed E-state index contributed by atoms with van der Waals surface area (Å²) in [6.45, 7) is 6.44. The number of rotatable bonds is 7. The van der Waals surface area contributed by atoms with Crippen LogP contribution >= 0.6 is 0 Å². The third kappa shape index (κ3) is 4.31. The summed E-state index contributed by atoms with van der Waals surface area (Å²) >= 11 is 0. The zero-order valence-corrected chi connectivity index (χ0v) is 12.1. The van der Waals surface area contributed by atoms with Gasteiger partial charge in [-0.15, -0.1) is 0 Å². The van der Waals surface area contributed by atoms with Crippen LogP contribution in [0.5, 0.6) is 6.01 Å². The Bertz CT molecular complexity index is 529. The second-order valence-electron chi connectivity index (χ2n) is 4.71. The Hall–Kier alpha value is -1.94. The lowest BCUT2D eigenvalue weighted by molar-refractivity contribution is 0.279. The molecule has 0 unspecified atom stereocenters. The van der Waals surface area contributed by atoms with Crippen molar-refractivity contribution in [1.29, 1.82) is 0 Å². The van der Waals surface area contributed by atoms with Crippen LogP contribution in [0, 0.1) is 6.92 Å². The molecule has 0 aliphatic rings. The van der Waals surface area contributed by atoms with Gasteiger partial charge in [0.1, 0.15) is 6.61 Å². The van der Waals surface area contributed by atoms with Crippen molar-refractivity contribution in [2.45, 2.75) is 33.4 Å². The molecule has 0 aliphatic carbocycles. The van der Waals surface area contributed by atoms with E-state index in [1.807, 2.05) is 43.5 Å². The molecule has 0 saturated carbocycles. The van der Waals surface area contributed by atoms with Crippen molar-refractivity contribution in [3.05, 3.63) is 53.3 Å². The average molecular weight is 271 g/mol. The van der Waals surface area contributed by atoms with Gasteiger partial charge in [0.2, 0.25) is 0 Å². The first-order valence-electron chi connectivity index (χ1n) is 6.99. The number of hydrogen-bond donors (Lipinski definition) is 1. The van der Waals surface area contributed by atoms with E-state index < -0.39 is 0 Å². The van der Waals surface area contributed by atoms with Crippen LogP contribution in [0.2, 0.25) is 0 Å². The molecule has 0 spiro atoms. The molecule has 0 saturated heterocycles. The standard InChI is InChI=1S/C16H21N3O/c1-3-9-17-10-15-11-18-16(19-13(15)2)20-12-14-7-5-4-6-8-14/h4-8,11,17H,3,9-10,12H2,1-2H3. The Balaban J connectivity index is 1.91. The van der Waals surface area contributed by atoms with Crippen LogP contribution in [-0.2, 0) is 13.2 Å². The van der Waals surface area contributed by atoms with E-state index in [1.165, 1.54) is 0 Å². The van der Waals surface area contributed by atoms with Crippen molar-refractivity contribution in [2.75, 3.05) is 6.54 Å². The molecular weight excluding hydrogens is 250 g/mol. The Morgan fingerprint density at radius 2 is 2.00 bits per heavy atom. The van der Waals surface area contributed by atoms with Crippen molar-refractivity contribution in [3.63, 3.8) is 0 Å². The summed E-state index contributed by atoms with van der Waals surface area (Å²) in [4.78, 5) is 8.65. The van der Waals surface area contributed by atoms with E-state index in [0.29, 0.717) is 12.6 Å². The van der Waals surface area contributed by atoms with E-state index in [9.17, 15) is 0 Å². The van der Waals surface area contributed by atoms with Crippen molar-refractivity contribution in [3.8, 4) is 6.01 Å². The average Bonchev–Trinajstić information content (AvgIpc) is 2.48. The van der Waals surface area contributed by atoms with E-state index >= 15 is 0 Å². The minimum Gasteiger partial charge on any atom is -0.459 e. The highest BCUT2D eigenvalue weighted by molar-refractivity contribution is 5.18. The van der Waals surface area contributed by atoms with Crippen molar-refractivity contribution in [2.24, 2.45) is 0 Å². The molecule has 2 aromatic rings. The lowest BCUT2D eigenvalue weighted by Crippen LogP contribution is -2.15. The summed E-state index contributed by atoms with van der Waals surface area (Å²) in [7, 11) is 0. The molecule has 4 heteroatoms. The maximum atomic E-state index is 5.61. The van der Waals surface area contributed by atoms with Crippen LogP contribution in [0.25, 0.3) is 0 Å². The molecule has 1 aromatic heterocycles. The Labute approximate surface area is 120 Å². The number of nitrogens with one attached hydrogen (secondary N) is 1. The SMILES string of the molecule is CCCNCc1cnc(OCc2ccccc2)nc1C. The molecule has 0 aliphatic heterocycles. The van der Waals surface area contributed by atoms with Gasteiger partial charge in [-0.1, -0.05) is 37.3 Å². The van der Waals surface area contributed by atoms with Gasteiger partial charge >= 0.3 is 6.01 Å². The smallest absolute Gasteiger partial charge is 0.316 e. The summed E-state index contributed by atoms with van der Waals surface area (Å²) in [5.74, 6) is 0. The summed E-state index contributed by atoms with van der Waals surface area (Å²) in [5, 5.41) is 3.35. The zero-order chi connectivity index (χ0) is 14.2. The Morgan fingerprint density at radius 3 is 2.70 bits per heavy atom. The molecule has 20 heavy (non-hydrogen) atoms. The van der Waals surface area contributed by atoms with Crippen LogP contribution in [0.4, 0.5) is 0 Å². The number of aryl methyl sites for hydroxylation is 1. The van der Waals surface area contributed by atoms with E-state index in [0.717, 1.165) is 36.3 Å². The van der Waals surface area contributed by atoms with Crippen molar-refractivity contribution >= 4 is 0 Å².